The molecule has 1 heterocycles. The third kappa shape index (κ3) is 4.06. The first-order chi connectivity index (χ1) is 9.66. The third-order valence-corrected chi connectivity index (χ3v) is 3.46. The molecule has 1 aliphatic rings. The molecule has 20 heavy (non-hydrogen) atoms. The average Bonchev–Trinajstić information content (AvgIpc) is 2.48. The molecule has 1 fully saturated rings. The Morgan fingerprint density at radius 2 is 2.10 bits per heavy atom. The fraction of sp³-hybridized carbons (Fsp3) is 0.467. The first kappa shape index (κ1) is 14.5. The van der Waals surface area contributed by atoms with Crippen molar-refractivity contribution in [3.05, 3.63) is 30.3 Å². The Morgan fingerprint density at radius 1 is 1.35 bits per heavy atom. The third-order valence-electron chi connectivity index (χ3n) is 3.46. The smallest absolute Gasteiger partial charge is 0.243 e. The van der Waals surface area contributed by atoms with Gasteiger partial charge in [-0.3, -0.25) is 9.59 Å². The summed E-state index contributed by atoms with van der Waals surface area (Å²) in [6.45, 7) is 1.77. The SMILES string of the molecule is CN(CC(=O)Nc1ccccc1)C(=O)[C@H]1CCCNC1. The van der Waals surface area contributed by atoms with Gasteiger partial charge in [0, 0.05) is 19.3 Å². The number of nitrogens with zero attached hydrogens (tertiary/aromatic N) is 1. The molecule has 2 rings (SSSR count). The number of benzene rings is 1. The standard InChI is InChI=1S/C15H21N3O2/c1-18(15(20)12-6-5-9-16-10-12)11-14(19)17-13-7-3-2-4-8-13/h2-4,7-8,12,16H,5-6,9-11H2,1H3,(H,17,19)/t12-/m0/s1. The van der Waals surface area contributed by atoms with Crippen LogP contribution in [0.5, 0.6) is 0 Å². The fourth-order valence-corrected chi connectivity index (χ4v) is 2.39. The molecule has 0 bridgehead atoms. The number of rotatable bonds is 4. The maximum atomic E-state index is 12.2. The van der Waals surface area contributed by atoms with Crippen LogP contribution in [0.15, 0.2) is 30.3 Å². The van der Waals surface area contributed by atoms with E-state index in [0.717, 1.165) is 25.1 Å². The summed E-state index contributed by atoms with van der Waals surface area (Å²) in [4.78, 5) is 25.6. The monoisotopic (exact) mass is 275 g/mol. The quantitative estimate of drug-likeness (QED) is 0.864. The van der Waals surface area contributed by atoms with Crippen molar-refractivity contribution >= 4 is 17.5 Å². The minimum absolute atomic E-state index is 0.00160. The van der Waals surface area contributed by atoms with Crippen molar-refractivity contribution in [3.8, 4) is 0 Å². The number of hydrogen-bond acceptors (Lipinski definition) is 3. The highest BCUT2D eigenvalue weighted by Gasteiger charge is 2.24. The summed E-state index contributed by atoms with van der Waals surface area (Å²) < 4.78 is 0. The largest absolute Gasteiger partial charge is 0.336 e. The van der Waals surface area contributed by atoms with Crippen LogP contribution in [-0.2, 0) is 9.59 Å². The van der Waals surface area contributed by atoms with Crippen LogP contribution in [0.3, 0.4) is 0 Å². The van der Waals surface area contributed by atoms with E-state index in [1.165, 1.54) is 4.90 Å². The molecule has 1 saturated heterocycles. The van der Waals surface area contributed by atoms with Crippen molar-refractivity contribution < 1.29 is 9.59 Å². The predicted octanol–water partition coefficient (Wildman–Crippen LogP) is 1.08. The van der Waals surface area contributed by atoms with Crippen LogP contribution in [0, 0.1) is 5.92 Å². The summed E-state index contributed by atoms with van der Waals surface area (Å²) in [5.41, 5.74) is 0.748. The van der Waals surface area contributed by atoms with Gasteiger partial charge in [0.2, 0.25) is 11.8 Å². The Labute approximate surface area is 119 Å². The van der Waals surface area contributed by atoms with E-state index in [1.54, 1.807) is 7.05 Å². The highest BCUT2D eigenvalue weighted by Crippen LogP contribution is 2.12. The van der Waals surface area contributed by atoms with Crippen LogP contribution in [0.1, 0.15) is 12.8 Å². The van der Waals surface area contributed by atoms with Gasteiger partial charge in [-0.25, -0.2) is 0 Å². The second-order valence-corrected chi connectivity index (χ2v) is 5.15. The first-order valence-electron chi connectivity index (χ1n) is 6.97. The van der Waals surface area contributed by atoms with E-state index in [4.69, 9.17) is 0 Å². The normalized spacial score (nSPS) is 18.4. The van der Waals surface area contributed by atoms with Gasteiger partial charge in [-0.1, -0.05) is 18.2 Å². The van der Waals surface area contributed by atoms with Gasteiger partial charge in [0.25, 0.3) is 0 Å². The average molecular weight is 275 g/mol. The Bertz CT molecular complexity index is 455. The molecule has 5 nitrogen and oxygen atoms in total. The summed E-state index contributed by atoms with van der Waals surface area (Å²) in [6.07, 6.45) is 1.91. The van der Waals surface area contributed by atoms with Crippen molar-refractivity contribution in [2.75, 3.05) is 32.0 Å². The van der Waals surface area contributed by atoms with Gasteiger partial charge in [-0.05, 0) is 31.5 Å². The molecule has 1 atom stereocenters. The number of nitrogens with one attached hydrogen (secondary N) is 2. The number of likely N-dealkylation sites (N-methyl/N-ethyl adjacent to an activating group) is 1. The van der Waals surface area contributed by atoms with Gasteiger partial charge in [0.05, 0.1) is 12.5 Å². The van der Waals surface area contributed by atoms with Gasteiger partial charge in [0.1, 0.15) is 0 Å². The molecule has 0 saturated carbocycles. The van der Waals surface area contributed by atoms with E-state index in [1.807, 2.05) is 30.3 Å². The highest BCUT2D eigenvalue weighted by atomic mass is 16.2. The van der Waals surface area contributed by atoms with Crippen LogP contribution in [-0.4, -0.2) is 43.4 Å². The highest BCUT2D eigenvalue weighted by molar-refractivity contribution is 5.94. The molecular weight excluding hydrogens is 254 g/mol. The number of hydrogen-bond donors (Lipinski definition) is 2. The Balaban J connectivity index is 1.82. The molecule has 0 aromatic heterocycles. The molecule has 5 heteroatoms. The van der Waals surface area contributed by atoms with Crippen LogP contribution < -0.4 is 10.6 Å². The summed E-state index contributed by atoms with van der Waals surface area (Å²) in [5, 5.41) is 6.00. The topological polar surface area (TPSA) is 61.4 Å². The minimum atomic E-state index is -0.171. The van der Waals surface area contributed by atoms with E-state index >= 15 is 0 Å². The second-order valence-electron chi connectivity index (χ2n) is 5.15. The number of piperidine rings is 1. The molecule has 2 N–H and O–H groups in total. The maximum Gasteiger partial charge on any atom is 0.243 e. The Kier molecular flexibility index (Phi) is 5.12. The first-order valence-corrected chi connectivity index (χ1v) is 6.97. The van der Waals surface area contributed by atoms with E-state index in [9.17, 15) is 9.59 Å². The van der Waals surface area contributed by atoms with Crippen molar-refractivity contribution in [2.45, 2.75) is 12.8 Å². The summed E-state index contributed by atoms with van der Waals surface area (Å²) in [5.74, 6) is -0.130. The van der Waals surface area contributed by atoms with Gasteiger partial charge < -0.3 is 15.5 Å². The van der Waals surface area contributed by atoms with Crippen molar-refractivity contribution in [1.29, 1.82) is 0 Å². The molecule has 0 aliphatic carbocycles. The van der Waals surface area contributed by atoms with E-state index < -0.39 is 0 Å². The summed E-state index contributed by atoms with van der Waals surface area (Å²) in [7, 11) is 1.68. The minimum Gasteiger partial charge on any atom is -0.336 e. The molecule has 108 valence electrons. The Hall–Kier alpha value is -1.88. The van der Waals surface area contributed by atoms with Gasteiger partial charge in [-0.15, -0.1) is 0 Å². The van der Waals surface area contributed by atoms with Crippen LogP contribution in [0.2, 0.25) is 0 Å². The van der Waals surface area contributed by atoms with Gasteiger partial charge in [-0.2, -0.15) is 0 Å². The van der Waals surface area contributed by atoms with E-state index in [-0.39, 0.29) is 24.3 Å². The maximum absolute atomic E-state index is 12.2. The summed E-state index contributed by atoms with van der Waals surface area (Å²) >= 11 is 0. The van der Waals surface area contributed by atoms with Crippen molar-refractivity contribution in [1.82, 2.24) is 10.2 Å². The molecule has 0 radical (unpaired) electrons. The number of carbonyl (C=O) groups is 2. The summed E-state index contributed by atoms with van der Waals surface area (Å²) in [6, 6.07) is 9.26. The van der Waals surface area contributed by atoms with Crippen LogP contribution >= 0.6 is 0 Å². The van der Waals surface area contributed by atoms with E-state index in [0.29, 0.717) is 6.54 Å². The lowest BCUT2D eigenvalue weighted by Gasteiger charge is -2.26. The van der Waals surface area contributed by atoms with Crippen molar-refractivity contribution in [2.24, 2.45) is 5.92 Å². The second kappa shape index (κ2) is 7.05. The molecule has 1 aromatic carbocycles. The van der Waals surface area contributed by atoms with Gasteiger partial charge in [0.15, 0.2) is 0 Å². The molecule has 0 unspecified atom stereocenters. The fourth-order valence-electron chi connectivity index (χ4n) is 2.39. The van der Waals surface area contributed by atoms with Gasteiger partial charge >= 0.3 is 0 Å². The number of para-hydroxylation sites is 1. The number of anilines is 1. The van der Waals surface area contributed by atoms with E-state index in [2.05, 4.69) is 10.6 Å². The lowest BCUT2D eigenvalue weighted by Crippen LogP contribution is -2.43. The lowest BCUT2D eigenvalue weighted by atomic mass is 9.98. The molecule has 2 amide bonds. The van der Waals surface area contributed by atoms with Crippen molar-refractivity contribution in [3.63, 3.8) is 0 Å². The molecule has 1 aliphatic heterocycles. The lowest BCUT2D eigenvalue weighted by molar-refractivity contribution is -0.137. The molecule has 0 spiro atoms. The molecular formula is C15H21N3O2. The number of carbonyl (C=O) groups excluding carboxylic acids is 2. The Morgan fingerprint density at radius 3 is 2.75 bits per heavy atom. The predicted molar refractivity (Wildman–Crippen MR) is 78.3 cm³/mol. The van der Waals surface area contributed by atoms with Crippen LogP contribution in [0.4, 0.5) is 5.69 Å². The molecule has 1 aromatic rings. The number of amides is 2. The zero-order valence-electron chi connectivity index (χ0n) is 11.8. The van der Waals surface area contributed by atoms with Crippen LogP contribution in [0.25, 0.3) is 0 Å². The zero-order chi connectivity index (χ0) is 14.4. The zero-order valence-corrected chi connectivity index (χ0v) is 11.8.